The molecule has 28 heavy (non-hydrogen) atoms. The van der Waals surface area contributed by atoms with Gasteiger partial charge >= 0.3 is 0 Å². The van der Waals surface area contributed by atoms with Gasteiger partial charge in [-0.15, -0.1) is 35.3 Å². The second kappa shape index (κ2) is 12.0. The summed E-state index contributed by atoms with van der Waals surface area (Å²) in [7, 11) is 1.81. The molecule has 1 aromatic heterocycles. The average Bonchev–Trinajstić information content (AvgIpc) is 3.36. The van der Waals surface area contributed by atoms with E-state index in [1.165, 1.54) is 22.6 Å². The third-order valence-corrected chi connectivity index (χ3v) is 6.56. The molecule has 3 rings (SSSR count). The predicted molar refractivity (Wildman–Crippen MR) is 128 cm³/mol. The van der Waals surface area contributed by atoms with E-state index in [1.807, 2.05) is 18.4 Å². The molecule has 8 heteroatoms. The summed E-state index contributed by atoms with van der Waals surface area (Å²) in [5.41, 5.74) is 0. The van der Waals surface area contributed by atoms with Crippen molar-refractivity contribution in [1.82, 2.24) is 20.4 Å². The first-order chi connectivity index (χ1) is 13.2. The number of guanidine groups is 1. The highest BCUT2D eigenvalue weighted by atomic mass is 127. The minimum Gasteiger partial charge on any atom is -0.355 e. The molecule has 1 saturated heterocycles. The van der Waals surface area contributed by atoms with Crippen molar-refractivity contribution in [1.29, 1.82) is 0 Å². The Morgan fingerprint density at radius 1 is 1.18 bits per heavy atom. The minimum absolute atomic E-state index is 0. The summed E-state index contributed by atoms with van der Waals surface area (Å²) in [6.07, 6.45) is 4.65. The van der Waals surface area contributed by atoms with Gasteiger partial charge in [0, 0.05) is 62.0 Å². The zero-order valence-corrected chi connectivity index (χ0v) is 20.2. The molecule has 1 aliphatic carbocycles. The fourth-order valence-corrected chi connectivity index (χ4v) is 4.76. The smallest absolute Gasteiger partial charge is 0.225 e. The van der Waals surface area contributed by atoms with Crippen molar-refractivity contribution in [2.75, 3.05) is 46.3 Å². The summed E-state index contributed by atoms with van der Waals surface area (Å²) in [4.78, 5) is 24.0. The van der Waals surface area contributed by atoms with Crippen LogP contribution in [0.3, 0.4) is 0 Å². The highest BCUT2D eigenvalue weighted by molar-refractivity contribution is 14.0. The van der Waals surface area contributed by atoms with Gasteiger partial charge in [0.25, 0.3) is 0 Å². The summed E-state index contributed by atoms with van der Waals surface area (Å²) in [6.45, 7) is 8.47. The summed E-state index contributed by atoms with van der Waals surface area (Å²) in [5, 5.41) is 6.76. The Bertz CT molecular complexity index is 636. The molecule has 0 spiro atoms. The number of nitrogens with zero attached hydrogens (tertiary/aromatic N) is 3. The summed E-state index contributed by atoms with van der Waals surface area (Å²) >= 11 is 1.81. The van der Waals surface area contributed by atoms with Crippen LogP contribution < -0.4 is 10.6 Å². The van der Waals surface area contributed by atoms with Gasteiger partial charge in [0.2, 0.25) is 5.91 Å². The van der Waals surface area contributed by atoms with Crippen molar-refractivity contribution >= 4 is 47.2 Å². The van der Waals surface area contributed by atoms with Crippen LogP contribution in [0.1, 0.15) is 35.4 Å². The van der Waals surface area contributed by atoms with Crippen LogP contribution in [0.25, 0.3) is 0 Å². The number of hydrogen-bond acceptors (Lipinski definition) is 4. The molecular weight excluding hydrogens is 485 g/mol. The maximum atomic E-state index is 12.5. The van der Waals surface area contributed by atoms with E-state index in [-0.39, 0.29) is 24.0 Å². The van der Waals surface area contributed by atoms with Crippen LogP contribution in [0.15, 0.2) is 17.1 Å². The first-order valence-electron chi connectivity index (χ1n) is 10.2. The van der Waals surface area contributed by atoms with E-state index in [0.717, 1.165) is 64.6 Å². The van der Waals surface area contributed by atoms with Crippen LogP contribution in [-0.4, -0.2) is 68.0 Å². The number of aliphatic imine (C=N–C) groups is 1. The maximum absolute atomic E-state index is 12.5. The second-order valence-electron chi connectivity index (χ2n) is 7.51. The number of thiophene rings is 1. The number of carbonyl (C=O) groups is 1. The molecule has 1 aromatic rings. The van der Waals surface area contributed by atoms with Gasteiger partial charge in [-0.05, 0) is 31.9 Å². The Morgan fingerprint density at radius 2 is 1.89 bits per heavy atom. The van der Waals surface area contributed by atoms with Crippen LogP contribution in [0, 0.1) is 12.8 Å². The zero-order valence-electron chi connectivity index (χ0n) is 17.1. The fraction of sp³-hybridized carbons (Fsp3) is 0.700. The van der Waals surface area contributed by atoms with Gasteiger partial charge in [0.15, 0.2) is 5.96 Å². The van der Waals surface area contributed by atoms with E-state index < -0.39 is 0 Å². The lowest BCUT2D eigenvalue weighted by Gasteiger charge is -2.36. The number of piperazine rings is 1. The predicted octanol–water partition coefficient (Wildman–Crippen LogP) is 2.67. The molecule has 0 aromatic carbocycles. The molecule has 1 amide bonds. The highest BCUT2D eigenvalue weighted by Gasteiger charge is 2.29. The monoisotopic (exact) mass is 519 g/mol. The fourth-order valence-electron chi connectivity index (χ4n) is 3.93. The minimum atomic E-state index is 0. The van der Waals surface area contributed by atoms with Crippen LogP contribution in [0.4, 0.5) is 0 Å². The molecular formula is C20H34IN5OS. The topological polar surface area (TPSA) is 60.0 Å². The standard InChI is InChI=1S/C20H33N5OS.HI/c1-16-7-8-18(27-16)15-23-20(21-2)22-9-10-24-11-13-25(14-12-24)19(26)17-5-3-4-6-17;/h7-8,17H,3-6,9-15H2,1-2H3,(H2,21,22,23);1H. The maximum Gasteiger partial charge on any atom is 0.225 e. The van der Waals surface area contributed by atoms with Gasteiger partial charge in [-0.2, -0.15) is 0 Å². The van der Waals surface area contributed by atoms with E-state index in [2.05, 4.69) is 44.5 Å². The molecule has 0 unspecified atom stereocenters. The molecule has 0 atom stereocenters. The number of carbonyl (C=O) groups excluding carboxylic acids is 1. The molecule has 2 N–H and O–H groups in total. The van der Waals surface area contributed by atoms with Gasteiger partial charge in [0.1, 0.15) is 0 Å². The largest absolute Gasteiger partial charge is 0.355 e. The SMILES string of the molecule is CN=C(NCCN1CCN(C(=O)C2CCCC2)CC1)NCc1ccc(C)s1.I. The van der Waals surface area contributed by atoms with Gasteiger partial charge in [-0.1, -0.05) is 12.8 Å². The number of hydrogen-bond donors (Lipinski definition) is 2. The van der Waals surface area contributed by atoms with Crippen LogP contribution >= 0.6 is 35.3 Å². The summed E-state index contributed by atoms with van der Waals surface area (Å²) < 4.78 is 0. The molecule has 2 aliphatic rings. The first kappa shape index (κ1) is 23.4. The number of amides is 1. The second-order valence-corrected chi connectivity index (χ2v) is 8.89. The van der Waals surface area contributed by atoms with E-state index in [9.17, 15) is 4.79 Å². The lowest BCUT2D eigenvalue weighted by Crippen LogP contribution is -2.51. The molecule has 158 valence electrons. The third kappa shape index (κ3) is 6.88. The van der Waals surface area contributed by atoms with E-state index >= 15 is 0 Å². The Morgan fingerprint density at radius 3 is 2.50 bits per heavy atom. The van der Waals surface area contributed by atoms with E-state index in [1.54, 1.807) is 0 Å². The highest BCUT2D eigenvalue weighted by Crippen LogP contribution is 2.26. The van der Waals surface area contributed by atoms with Gasteiger partial charge in [0.05, 0.1) is 6.54 Å². The number of halogens is 1. The summed E-state index contributed by atoms with van der Waals surface area (Å²) in [6, 6.07) is 4.31. The lowest BCUT2D eigenvalue weighted by molar-refractivity contribution is -0.137. The van der Waals surface area contributed by atoms with Crippen LogP contribution in [0.2, 0.25) is 0 Å². The van der Waals surface area contributed by atoms with Crippen molar-refractivity contribution < 1.29 is 4.79 Å². The van der Waals surface area contributed by atoms with Crippen molar-refractivity contribution in [2.45, 2.75) is 39.2 Å². The van der Waals surface area contributed by atoms with Crippen molar-refractivity contribution in [3.8, 4) is 0 Å². The molecule has 0 radical (unpaired) electrons. The number of aryl methyl sites for hydroxylation is 1. The lowest BCUT2D eigenvalue weighted by atomic mass is 10.1. The van der Waals surface area contributed by atoms with Gasteiger partial charge in [-0.3, -0.25) is 14.7 Å². The van der Waals surface area contributed by atoms with Crippen molar-refractivity contribution in [3.05, 3.63) is 21.9 Å². The van der Waals surface area contributed by atoms with E-state index in [4.69, 9.17) is 0 Å². The van der Waals surface area contributed by atoms with E-state index in [0.29, 0.717) is 11.8 Å². The quantitative estimate of drug-likeness (QED) is 0.345. The Kier molecular flexibility index (Phi) is 10.0. The normalized spacial score (nSPS) is 18.8. The van der Waals surface area contributed by atoms with Crippen molar-refractivity contribution in [3.63, 3.8) is 0 Å². The molecule has 0 bridgehead atoms. The zero-order chi connectivity index (χ0) is 19.1. The third-order valence-electron chi connectivity index (χ3n) is 5.56. The van der Waals surface area contributed by atoms with Gasteiger partial charge in [-0.25, -0.2) is 0 Å². The number of rotatable bonds is 6. The Balaban J connectivity index is 0.00000280. The molecule has 1 aliphatic heterocycles. The summed E-state index contributed by atoms with van der Waals surface area (Å²) in [5.74, 6) is 1.55. The molecule has 1 saturated carbocycles. The Hall–Kier alpha value is -0.870. The van der Waals surface area contributed by atoms with Crippen molar-refractivity contribution in [2.24, 2.45) is 10.9 Å². The van der Waals surface area contributed by atoms with Gasteiger partial charge < -0.3 is 15.5 Å². The molecule has 6 nitrogen and oxygen atoms in total. The first-order valence-corrected chi connectivity index (χ1v) is 11.0. The van der Waals surface area contributed by atoms with Crippen LogP contribution in [0.5, 0.6) is 0 Å². The molecule has 2 fully saturated rings. The van der Waals surface area contributed by atoms with Crippen LogP contribution in [-0.2, 0) is 11.3 Å². The molecule has 2 heterocycles. The number of nitrogens with one attached hydrogen (secondary N) is 2. The Labute approximate surface area is 190 Å². The average molecular weight is 519 g/mol.